The summed E-state index contributed by atoms with van der Waals surface area (Å²) in [4.78, 5) is 0. The maximum Gasteiger partial charge on any atom is 0.410 e. The van der Waals surface area contributed by atoms with E-state index in [-0.39, 0.29) is 5.76 Å². The van der Waals surface area contributed by atoms with E-state index in [1.807, 2.05) is 0 Å². The van der Waals surface area contributed by atoms with Crippen LogP contribution in [0.25, 0.3) is 11.0 Å². The quantitative estimate of drug-likeness (QED) is 0.794. The monoisotopic (exact) mass is 215 g/mol. The summed E-state index contributed by atoms with van der Waals surface area (Å²) in [5, 5.41) is 0.618. The number of furan rings is 1. The van der Waals surface area contributed by atoms with E-state index in [9.17, 15) is 13.2 Å². The molecule has 80 valence electrons. The highest BCUT2D eigenvalue weighted by atomic mass is 19.4. The average molecular weight is 215 g/mol. The van der Waals surface area contributed by atoms with Gasteiger partial charge < -0.3 is 10.2 Å². The van der Waals surface area contributed by atoms with Crippen LogP contribution >= 0.6 is 0 Å². The summed E-state index contributed by atoms with van der Waals surface area (Å²) in [6, 6.07) is 5.93. The fourth-order valence-corrected chi connectivity index (χ4v) is 1.32. The van der Waals surface area contributed by atoms with E-state index >= 15 is 0 Å². The Labute approximate surface area is 83.5 Å². The molecule has 2 nitrogen and oxygen atoms in total. The fourth-order valence-electron chi connectivity index (χ4n) is 1.32. The lowest BCUT2D eigenvalue weighted by molar-refractivity contribution is -0.152. The van der Waals surface area contributed by atoms with Crippen LogP contribution in [0.5, 0.6) is 0 Å². The first-order chi connectivity index (χ1) is 6.98. The van der Waals surface area contributed by atoms with Crippen molar-refractivity contribution in [3.63, 3.8) is 0 Å². The third-order valence-corrected chi connectivity index (χ3v) is 2.10. The third-order valence-electron chi connectivity index (χ3n) is 2.10. The molecule has 0 spiro atoms. The summed E-state index contributed by atoms with van der Waals surface area (Å²) >= 11 is 0. The molecule has 2 N–H and O–H groups in total. The van der Waals surface area contributed by atoms with Gasteiger partial charge in [0.2, 0.25) is 0 Å². The van der Waals surface area contributed by atoms with Crippen LogP contribution in [0.15, 0.2) is 34.7 Å². The van der Waals surface area contributed by atoms with Crippen molar-refractivity contribution in [2.24, 2.45) is 5.73 Å². The van der Waals surface area contributed by atoms with Gasteiger partial charge in [-0.05, 0) is 12.1 Å². The van der Waals surface area contributed by atoms with Gasteiger partial charge in [-0.3, -0.25) is 0 Å². The van der Waals surface area contributed by atoms with Gasteiger partial charge in [0.1, 0.15) is 11.3 Å². The van der Waals surface area contributed by atoms with Crippen LogP contribution in [0, 0.1) is 0 Å². The molecular formula is C10H8F3NO. The molecule has 1 aromatic carbocycles. The number of para-hydroxylation sites is 1. The van der Waals surface area contributed by atoms with Gasteiger partial charge in [0.05, 0.1) is 0 Å². The summed E-state index contributed by atoms with van der Waals surface area (Å²) in [6.07, 6.45) is -4.48. The van der Waals surface area contributed by atoms with Crippen molar-refractivity contribution in [2.45, 2.75) is 12.2 Å². The fraction of sp³-hybridized carbons (Fsp3) is 0.200. The molecule has 1 atom stereocenters. The van der Waals surface area contributed by atoms with Crippen molar-refractivity contribution in [1.82, 2.24) is 0 Å². The molecule has 0 amide bonds. The van der Waals surface area contributed by atoms with E-state index in [2.05, 4.69) is 0 Å². The van der Waals surface area contributed by atoms with Crippen LogP contribution < -0.4 is 5.73 Å². The van der Waals surface area contributed by atoms with E-state index in [4.69, 9.17) is 10.2 Å². The predicted octanol–water partition coefficient (Wildman–Crippen LogP) is 2.99. The lowest BCUT2D eigenvalue weighted by atomic mass is 10.2. The molecule has 0 bridgehead atoms. The molecule has 0 saturated heterocycles. The highest BCUT2D eigenvalue weighted by Crippen LogP contribution is 2.33. The highest BCUT2D eigenvalue weighted by molar-refractivity contribution is 5.77. The topological polar surface area (TPSA) is 39.2 Å². The molecule has 15 heavy (non-hydrogen) atoms. The number of rotatable bonds is 1. The second kappa shape index (κ2) is 3.27. The number of benzene rings is 1. The van der Waals surface area contributed by atoms with Crippen molar-refractivity contribution >= 4 is 11.0 Å². The minimum Gasteiger partial charge on any atom is -0.459 e. The summed E-state index contributed by atoms with van der Waals surface area (Å²) in [7, 11) is 0. The largest absolute Gasteiger partial charge is 0.459 e. The summed E-state index contributed by atoms with van der Waals surface area (Å²) in [6.45, 7) is 0. The molecule has 0 fully saturated rings. The molecule has 1 unspecified atom stereocenters. The lowest BCUT2D eigenvalue weighted by Crippen LogP contribution is -2.27. The molecule has 0 aliphatic carbocycles. The minimum atomic E-state index is -4.48. The Balaban J connectivity index is 2.45. The van der Waals surface area contributed by atoms with Gasteiger partial charge in [0, 0.05) is 5.39 Å². The Bertz CT molecular complexity index is 442. The zero-order valence-corrected chi connectivity index (χ0v) is 7.58. The van der Waals surface area contributed by atoms with Gasteiger partial charge in [-0.2, -0.15) is 13.2 Å². The van der Waals surface area contributed by atoms with Gasteiger partial charge in [-0.1, -0.05) is 18.2 Å². The van der Waals surface area contributed by atoms with Crippen LogP contribution in [0.4, 0.5) is 13.2 Å². The van der Waals surface area contributed by atoms with Crippen LogP contribution in [0.1, 0.15) is 11.8 Å². The van der Waals surface area contributed by atoms with Crippen molar-refractivity contribution in [1.29, 1.82) is 0 Å². The molecule has 0 aliphatic heterocycles. The van der Waals surface area contributed by atoms with Crippen molar-refractivity contribution in [3.05, 3.63) is 36.1 Å². The van der Waals surface area contributed by atoms with Crippen molar-refractivity contribution in [2.75, 3.05) is 0 Å². The Morgan fingerprint density at radius 1 is 1.20 bits per heavy atom. The zero-order valence-electron chi connectivity index (χ0n) is 7.58. The Hall–Kier alpha value is -1.49. The van der Waals surface area contributed by atoms with Crippen LogP contribution in [-0.2, 0) is 0 Å². The molecule has 5 heteroatoms. The number of alkyl halides is 3. The van der Waals surface area contributed by atoms with Crippen molar-refractivity contribution in [3.8, 4) is 0 Å². The first kappa shape index (κ1) is 10.0. The smallest absolute Gasteiger partial charge is 0.410 e. The third kappa shape index (κ3) is 1.83. The van der Waals surface area contributed by atoms with Crippen LogP contribution in [0.2, 0.25) is 0 Å². The van der Waals surface area contributed by atoms with Gasteiger partial charge >= 0.3 is 6.18 Å². The molecular weight excluding hydrogens is 207 g/mol. The molecule has 2 aromatic rings. The Morgan fingerprint density at radius 2 is 1.87 bits per heavy atom. The summed E-state index contributed by atoms with van der Waals surface area (Å²) in [5.74, 6) is -0.260. The average Bonchev–Trinajstić information content (AvgIpc) is 2.58. The first-order valence-corrected chi connectivity index (χ1v) is 4.29. The lowest BCUT2D eigenvalue weighted by Gasteiger charge is -2.12. The second-order valence-corrected chi connectivity index (χ2v) is 3.21. The SMILES string of the molecule is NC(c1cc2ccccc2o1)C(F)(F)F. The molecule has 0 aliphatic rings. The number of hydrogen-bond donors (Lipinski definition) is 1. The van der Waals surface area contributed by atoms with Gasteiger partial charge in [-0.15, -0.1) is 0 Å². The van der Waals surface area contributed by atoms with E-state index in [1.54, 1.807) is 24.3 Å². The molecule has 1 heterocycles. The molecule has 2 rings (SSSR count). The van der Waals surface area contributed by atoms with Gasteiger partial charge in [-0.25, -0.2) is 0 Å². The number of nitrogens with two attached hydrogens (primary N) is 1. The second-order valence-electron chi connectivity index (χ2n) is 3.21. The van der Waals surface area contributed by atoms with E-state index < -0.39 is 12.2 Å². The summed E-state index contributed by atoms with van der Waals surface area (Å²) in [5.41, 5.74) is 5.43. The standard InChI is InChI=1S/C10H8F3NO/c11-10(12,13)9(14)8-5-6-3-1-2-4-7(6)15-8/h1-5,9H,14H2. The molecule has 0 saturated carbocycles. The molecule has 0 radical (unpaired) electrons. The van der Waals surface area contributed by atoms with Crippen molar-refractivity contribution < 1.29 is 17.6 Å². The zero-order chi connectivity index (χ0) is 11.1. The number of fused-ring (bicyclic) bond motifs is 1. The van der Waals surface area contributed by atoms with Crippen LogP contribution in [0.3, 0.4) is 0 Å². The van der Waals surface area contributed by atoms with Gasteiger partial charge in [0.15, 0.2) is 6.04 Å². The van der Waals surface area contributed by atoms with E-state index in [0.717, 1.165) is 0 Å². The minimum absolute atomic E-state index is 0.260. The number of hydrogen-bond acceptors (Lipinski definition) is 2. The Kier molecular flexibility index (Phi) is 2.19. The maximum atomic E-state index is 12.3. The predicted molar refractivity (Wildman–Crippen MR) is 49.2 cm³/mol. The molecule has 1 aromatic heterocycles. The maximum absolute atomic E-state index is 12.3. The van der Waals surface area contributed by atoms with Gasteiger partial charge in [0.25, 0.3) is 0 Å². The number of halogens is 3. The normalized spacial score (nSPS) is 14.4. The van der Waals surface area contributed by atoms with E-state index in [0.29, 0.717) is 11.0 Å². The summed E-state index contributed by atoms with van der Waals surface area (Å²) < 4.78 is 41.8. The van der Waals surface area contributed by atoms with Crippen LogP contribution in [-0.4, -0.2) is 6.18 Å². The Morgan fingerprint density at radius 3 is 2.47 bits per heavy atom. The van der Waals surface area contributed by atoms with E-state index in [1.165, 1.54) is 6.07 Å². The highest BCUT2D eigenvalue weighted by Gasteiger charge is 2.40. The first-order valence-electron chi connectivity index (χ1n) is 4.29.